The fraction of sp³-hybridized carbons (Fsp3) is 0.500. The Hall–Kier alpha value is -0.210. The minimum atomic E-state index is -4.64. The molecule has 0 aromatic heterocycles. The van der Waals surface area contributed by atoms with Crippen molar-refractivity contribution in [2.45, 2.75) is 39.5 Å². The molecule has 0 amide bonds. The Morgan fingerprint density at radius 1 is 0.885 bits per heavy atom. The molecule has 0 saturated heterocycles. The first-order chi connectivity index (χ1) is 11.6. The van der Waals surface area contributed by atoms with Gasteiger partial charge in [0, 0.05) is 12.2 Å². The normalized spacial score (nSPS) is 10.1. The van der Waals surface area contributed by atoms with Crippen molar-refractivity contribution in [2.75, 3.05) is 13.2 Å². The molecule has 0 aliphatic heterocycles. The van der Waals surface area contributed by atoms with Crippen LogP contribution in [0, 0.1) is 13.8 Å². The zero-order chi connectivity index (χ0) is 20.1. The molecule has 0 atom stereocenters. The second kappa shape index (κ2) is 24.8. The number of phosphoric acid groups is 1. The molecule has 0 aliphatic carbocycles. The van der Waals surface area contributed by atoms with E-state index in [2.05, 4.69) is 13.8 Å². The van der Waals surface area contributed by atoms with Gasteiger partial charge < -0.3 is 38.0 Å². The average Bonchev–Trinajstić information content (AvgIpc) is 2.47. The first-order valence-electron chi connectivity index (χ1n) is 7.58. The molecule has 0 spiro atoms. The van der Waals surface area contributed by atoms with Crippen LogP contribution in [0.1, 0.15) is 39.5 Å². The quantitative estimate of drug-likeness (QED) is 0.136. The van der Waals surface area contributed by atoms with Crippen LogP contribution in [0.3, 0.4) is 0 Å². The van der Waals surface area contributed by atoms with Gasteiger partial charge in [0.25, 0.3) is 0 Å². The van der Waals surface area contributed by atoms with Gasteiger partial charge in [-0.3, -0.25) is 0 Å². The number of carbonyl (C=O) groups is 2. The maximum atomic E-state index is 10.6. The zero-order valence-electron chi connectivity index (χ0n) is 15.5. The molecule has 3 N–H and O–H groups in total. The summed E-state index contributed by atoms with van der Waals surface area (Å²) >= 11 is 0. The van der Waals surface area contributed by atoms with Crippen LogP contribution >= 0.6 is 7.82 Å². The van der Waals surface area contributed by atoms with Crippen LogP contribution in [-0.4, -0.2) is 77.6 Å². The minimum Gasteiger partial charge on any atom is -0.463 e. The molecule has 0 bridgehead atoms. The molecule has 0 rings (SSSR count). The summed E-state index contributed by atoms with van der Waals surface area (Å²) in [5.41, 5.74) is 0. The molecule has 0 aromatic rings. The van der Waals surface area contributed by atoms with Crippen molar-refractivity contribution in [1.29, 1.82) is 0 Å². The van der Waals surface area contributed by atoms with Crippen molar-refractivity contribution in [1.82, 2.24) is 0 Å². The monoisotopic (exact) mass is 420 g/mol. The van der Waals surface area contributed by atoms with Crippen molar-refractivity contribution in [2.24, 2.45) is 0 Å². The number of hydrogen-bond acceptors (Lipinski definition) is 5. The Kier molecular flexibility index (Phi) is 31.8. The van der Waals surface area contributed by atoms with E-state index in [1.54, 1.807) is 26.0 Å². The molecule has 0 saturated carbocycles. The Morgan fingerprint density at radius 3 is 1.35 bits per heavy atom. The molecule has 10 heteroatoms. The van der Waals surface area contributed by atoms with Gasteiger partial charge >= 0.3 is 57.5 Å². The van der Waals surface area contributed by atoms with E-state index in [1.165, 1.54) is 12.2 Å². The topological polar surface area (TPSA) is 130 Å². The summed E-state index contributed by atoms with van der Waals surface area (Å²) in [7, 11) is -4.64. The Bertz CT molecular complexity index is 394. The summed E-state index contributed by atoms with van der Waals surface area (Å²) in [6.45, 7) is 11.8. The minimum absolute atomic E-state index is 0. The molecular formula is C16H29CaO8P. The smallest absolute Gasteiger partial charge is 0.463 e. The number of rotatable bonds is 8. The van der Waals surface area contributed by atoms with Crippen molar-refractivity contribution < 1.29 is 38.3 Å². The summed E-state index contributed by atoms with van der Waals surface area (Å²) < 4.78 is 18.4. The van der Waals surface area contributed by atoms with E-state index < -0.39 is 7.82 Å². The number of hydrogen-bond donors (Lipinski definition) is 3. The van der Waals surface area contributed by atoms with Crippen molar-refractivity contribution >= 4 is 57.5 Å². The largest absolute Gasteiger partial charge is 2.00 e. The van der Waals surface area contributed by atoms with Crippen LogP contribution in [0.5, 0.6) is 0 Å². The van der Waals surface area contributed by atoms with Gasteiger partial charge in [0.1, 0.15) is 0 Å². The molecule has 0 heterocycles. The Balaban J connectivity index is -0.000000145. The van der Waals surface area contributed by atoms with E-state index >= 15 is 0 Å². The second-order valence-corrected chi connectivity index (χ2v) is 5.29. The van der Waals surface area contributed by atoms with Gasteiger partial charge in [-0.15, -0.1) is 0 Å². The van der Waals surface area contributed by atoms with E-state index in [-0.39, 0.29) is 49.7 Å². The summed E-state index contributed by atoms with van der Waals surface area (Å²) in [6.07, 6.45) is 9.42. The molecule has 0 fully saturated rings. The Labute approximate surface area is 185 Å². The summed E-state index contributed by atoms with van der Waals surface area (Å²) in [5.74, 6) is -0.535. The van der Waals surface area contributed by atoms with Gasteiger partial charge in [0.2, 0.25) is 0 Å². The molecule has 0 aromatic carbocycles. The van der Waals surface area contributed by atoms with Gasteiger partial charge in [-0.05, 0) is 26.7 Å². The number of esters is 2. The van der Waals surface area contributed by atoms with E-state index in [0.717, 1.165) is 25.7 Å². The van der Waals surface area contributed by atoms with Crippen LogP contribution in [0.4, 0.5) is 0 Å². The summed E-state index contributed by atoms with van der Waals surface area (Å²) in [5, 5.41) is 0. The fourth-order valence-electron chi connectivity index (χ4n) is 0.918. The van der Waals surface area contributed by atoms with E-state index in [9.17, 15) is 9.59 Å². The number of ether oxygens (including phenoxy) is 2. The molecule has 0 aliphatic rings. The Morgan fingerprint density at radius 2 is 1.15 bits per heavy atom. The number of unbranched alkanes of at least 4 members (excludes halogenated alkanes) is 2. The third-order valence-electron chi connectivity index (χ3n) is 1.88. The van der Waals surface area contributed by atoms with Crippen molar-refractivity contribution in [3.63, 3.8) is 0 Å². The van der Waals surface area contributed by atoms with Crippen LogP contribution < -0.4 is 0 Å². The maximum Gasteiger partial charge on any atom is 2.00 e. The fourth-order valence-corrected chi connectivity index (χ4v) is 0.918. The maximum absolute atomic E-state index is 10.6. The summed E-state index contributed by atoms with van der Waals surface area (Å²) in [4.78, 5) is 42.7. The standard InChI is InChI=1S/2C8H13O2.Ca.H3O4P/c2*1-3-5-7-10-8(9)6-4-2;;1-5(2,3)4/h2*4,6H,1,3,5,7H2,2H3;;(H3,1,2,3,4)/q2*-1;+2;. The van der Waals surface area contributed by atoms with E-state index in [1.807, 2.05) is 0 Å². The molecule has 0 radical (unpaired) electrons. The average molecular weight is 420 g/mol. The zero-order valence-corrected chi connectivity index (χ0v) is 18.6. The van der Waals surface area contributed by atoms with Crippen LogP contribution in [0.25, 0.3) is 0 Å². The van der Waals surface area contributed by atoms with Crippen molar-refractivity contribution in [3.05, 3.63) is 38.2 Å². The van der Waals surface area contributed by atoms with Crippen molar-refractivity contribution in [3.8, 4) is 0 Å². The first kappa shape index (κ1) is 33.4. The third-order valence-corrected chi connectivity index (χ3v) is 1.88. The van der Waals surface area contributed by atoms with Gasteiger partial charge in [-0.25, -0.2) is 14.2 Å². The predicted octanol–water partition coefficient (Wildman–Crippen LogP) is 2.13. The second-order valence-electron chi connectivity index (χ2n) is 4.26. The molecule has 26 heavy (non-hydrogen) atoms. The van der Waals surface area contributed by atoms with E-state index in [0.29, 0.717) is 13.2 Å². The predicted molar refractivity (Wildman–Crippen MR) is 101 cm³/mol. The van der Waals surface area contributed by atoms with E-state index in [4.69, 9.17) is 28.7 Å². The number of carbonyl (C=O) groups excluding carboxylic acids is 2. The van der Waals surface area contributed by atoms with Gasteiger partial charge in [0.05, 0.1) is 13.2 Å². The number of allylic oxidation sites excluding steroid dienone is 2. The SMILES string of the molecule is O=P(O)(O)O.[CH2-]CCCOC(=O)C=CC.[CH2-]CCCOC(=O)C=CC.[Ca+2]. The van der Waals surface area contributed by atoms with Crippen LogP contribution in [0.2, 0.25) is 0 Å². The molecular weight excluding hydrogens is 391 g/mol. The first-order valence-corrected chi connectivity index (χ1v) is 9.14. The molecule has 0 unspecified atom stereocenters. The summed E-state index contributed by atoms with van der Waals surface area (Å²) in [6, 6.07) is 0. The van der Waals surface area contributed by atoms with Gasteiger partial charge in [0.15, 0.2) is 0 Å². The molecule has 8 nitrogen and oxygen atoms in total. The van der Waals surface area contributed by atoms with Crippen LogP contribution in [-0.2, 0) is 23.6 Å². The van der Waals surface area contributed by atoms with Gasteiger partial charge in [-0.2, -0.15) is 12.8 Å². The van der Waals surface area contributed by atoms with Gasteiger partial charge in [-0.1, -0.05) is 12.2 Å². The van der Waals surface area contributed by atoms with Crippen LogP contribution in [0.15, 0.2) is 24.3 Å². The third kappa shape index (κ3) is 49.6. The molecule has 148 valence electrons.